The van der Waals surface area contributed by atoms with Gasteiger partial charge in [-0.25, -0.2) is 4.31 Å². The summed E-state index contributed by atoms with van der Waals surface area (Å²) in [6, 6.07) is 4.18. The van der Waals surface area contributed by atoms with Crippen LogP contribution >= 0.6 is 34.5 Å². The predicted molar refractivity (Wildman–Crippen MR) is 79.8 cm³/mol. The molecule has 0 bridgehead atoms. The molecule has 0 saturated heterocycles. The van der Waals surface area contributed by atoms with Gasteiger partial charge in [-0.15, -0.1) is 0 Å². The van der Waals surface area contributed by atoms with Crippen molar-refractivity contribution in [2.75, 3.05) is 25.1 Å². The van der Waals surface area contributed by atoms with Crippen LogP contribution in [0.4, 0.5) is 0 Å². The average Bonchev–Trinajstić information content (AvgIpc) is 2.23. The van der Waals surface area contributed by atoms with Gasteiger partial charge in [-0.1, -0.05) is 22.6 Å². The van der Waals surface area contributed by atoms with Crippen molar-refractivity contribution in [2.45, 2.75) is 18.7 Å². The Balaban J connectivity index is 2.87. The second-order valence-electron chi connectivity index (χ2n) is 3.72. The van der Waals surface area contributed by atoms with Crippen LogP contribution in [0.25, 0.3) is 0 Å². The Morgan fingerprint density at radius 3 is 2.31 bits per heavy atom. The third-order valence-corrected chi connectivity index (χ3v) is 4.12. The van der Waals surface area contributed by atoms with Crippen LogP contribution in [0.5, 0.6) is 5.75 Å². The molecule has 0 aromatic heterocycles. The molecule has 0 fully saturated rings. The van der Waals surface area contributed by atoms with Gasteiger partial charge in [0.15, 0.2) is 0 Å². The summed E-state index contributed by atoms with van der Waals surface area (Å²) < 4.78 is 8.68. The van der Waals surface area contributed by atoms with Gasteiger partial charge in [0.05, 0.1) is 7.11 Å². The van der Waals surface area contributed by atoms with E-state index in [0.717, 1.165) is 16.7 Å². The highest BCUT2D eigenvalue weighted by atomic mass is 127. The smallest absolute Gasteiger partial charge is 0.119 e. The van der Waals surface area contributed by atoms with E-state index in [0.29, 0.717) is 0 Å². The summed E-state index contributed by atoms with van der Waals surface area (Å²) in [5, 5.41) is 0. The predicted octanol–water partition coefficient (Wildman–Crippen LogP) is 3.69. The Kier molecular flexibility index (Phi) is 5.92. The second kappa shape index (κ2) is 6.71. The lowest BCUT2D eigenvalue weighted by atomic mass is 10.1. The fourth-order valence-electron chi connectivity index (χ4n) is 1.49. The lowest BCUT2D eigenvalue weighted by molar-refractivity contribution is 0.413. The molecule has 1 aromatic carbocycles. The van der Waals surface area contributed by atoms with Crippen molar-refractivity contribution in [2.24, 2.45) is 0 Å². The molecule has 0 atom stereocenters. The van der Waals surface area contributed by atoms with Crippen LogP contribution in [0.15, 0.2) is 17.0 Å². The first kappa shape index (κ1) is 14.1. The maximum atomic E-state index is 5.26. The zero-order valence-electron chi connectivity index (χ0n) is 10.2. The van der Waals surface area contributed by atoms with Gasteiger partial charge in [-0.3, -0.25) is 0 Å². The van der Waals surface area contributed by atoms with E-state index in [1.807, 2.05) is 11.9 Å². The summed E-state index contributed by atoms with van der Waals surface area (Å²) in [6.07, 6.45) is 0. The first-order valence-corrected chi connectivity index (χ1v) is 7.48. The Hall–Kier alpha value is 0.0600. The highest BCUT2D eigenvalue weighted by molar-refractivity contribution is 14.1. The fourth-order valence-corrected chi connectivity index (χ4v) is 3.44. The lowest BCUT2D eigenvalue weighted by Crippen LogP contribution is -2.12. The van der Waals surface area contributed by atoms with Crippen LogP contribution in [-0.4, -0.2) is 29.4 Å². The van der Waals surface area contributed by atoms with E-state index in [9.17, 15) is 0 Å². The van der Waals surface area contributed by atoms with Gasteiger partial charge in [0.25, 0.3) is 0 Å². The number of hydrogen-bond acceptors (Lipinski definition) is 3. The highest BCUT2D eigenvalue weighted by Crippen LogP contribution is 2.31. The first-order chi connectivity index (χ1) is 7.58. The maximum absolute atomic E-state index is 5.26. The molecule has 16 heavy (non-hydrogen) atoms. The van der Waals surface area contributed by atoms with Crippen LogP contribution in [0.3, 0.4) is 0 Å². The summed E-state index contributed by atoms with van der Waals surface area (Å²) in [4.78, 5) is 1.34. The van der Waals surface area contributed by atoms with Gasteiger partial charge in [-0.05, 0) is 56.1 Å². The molecule has 0 aliphatic carbocycles. The molecule has 0 aliphatic rings. The van der Waals surface area contributed by atoms with Gasteiger partial charge in [0.1, 0.15) is 5.75 Å². The molecule has 0 radical (unpaired) electrons. The Labute approximate surface area is 116 Å². The van der Waals surface area contributed by atoms with E-state index < -0.39 is 0 Å². The number of benzene rings is 1. The topological polar surface area (TPSA) is 12.5 Å². The average molecular weight is 351 g/mol. The van der Waals surface area contributed by atoms with Crippen LogP contribution < -0.4 is 4.74 Å². The molecule has 0 unspecified atom stereocenters. The molecule has 1 rings (SSSR count). The third kappa shape index (κ3) is 3.82. The van der Waals surface area contributed by atoms with Crippen molar-refractivity contribution in [1.29, 1.82) is 0 Å². The van der Waals surface area contributed by atoms with Gasteiger partial charge < -0.3 is 4.74 Å². The van der Waals surface area contributed by atoms with E-state index in [1.54, 1.807) is 7.11 Å². The van der Waals surface area contributed by atoms with E-state index in [2.05, 4.69) is 59.9 Å². The molecule has 4 heteroatoms. The summed E-state index contributed by atoms with van der Waals surface area (Å²) in [6.45, 7) is 5.36. The van der Waals surface area contributed by atoms with Crippen molar-refractivity contribution in [3.63, 3.8) is 0 Å². The molecule has 0 heterocycles. The minimum absolute atomic E-state index is 0.941. The monoisotopic (exact) mass is 351 g/mol. The number of nitrogens with zero attached hydrogens (tertiary/aromatic N) is 1. The number of alkyl halides is 1. The number of methoxy groups -OCH3 is 1. The zero-order chi connectivity index (χ0) is 12.1. The summed E-state index contributed by atoms with van der Waals surface area (Å²) in [7, 11) is 3.84. The molecule has 1 aromatic rings. The van der Waals surface area contributed by atoms with E-state index in [1.165, 1.54) is 16.0 Å². The number of halogens is 1. The van der Waals surface area contributed by atoms with Gasteiger partial charge >= 0.3 is 0 Å². The Bertz CT molecular complexity index is 334. The molecule has 0 saturated carbocycles. The van der Waals surface area contributed by atoms with Crippen molar-refractivity contribution >= 4 is 34.5 Å². The third-order valence-electron chi connectivity index (χ3n) is 2.32. The molecule has 0 spiro atoms. The minimum Gasteiger partial charge on any atom is -0.497 e. The molecular weight excluding hydrogens is 333 g/mol. The van der Waals surface area contributed by atoms with Crippen LogP contribution in [-0.2, 0) is 0 Å². The number of ether oxygens (including phenoxy) is 1. The van der Waals surface area contributed by atoms with Gasteiger partial charge in [0, 0.05) is 15.9 Å². The number of aryl methyl sites for hydroxylation is 2. The van der Waals surface area contributed by atoms with Crippen molar-refractivity contribution < 1.29 is 4.74 Å². The highest BCUT2D eigenvalue weighted by Gasteiger charge is 2.09. The molecular formula is C12H18INOS. The summed E-state index contributed by atoms with van der Waals surface area (Å²) in [5.41, 5.74) is 2.56. The van der Waals surface area contributed by atoms with Crippen molar-refractivity contribution in [3.8, 4) is 5.75 Å². The van der Waals surface area contributed by atoms with Gasteiger partial charge in [-0.2, -0.15) is 0 Å². The van der Waals surface area contributed by atoms with E-state index >= 15 is 0 Å². The van der Waals surface area contributed by atoms with Crippen LogP contribution in [0, 0.1) is 13.8 Å². The fraction of sp³-hybridized carbons (Fsp3) is 0.500. The standard InChI is InChI=1S/C12H18INOS/c1-9-7-11(15-4)8-10(2)12(9)16-14(3)6-5-13/h7-8H,5-6H2,1-4H3. The molecule has 0 aliphatic heterocycles. The largest absolute Gasteiger partial charge is 0.497 e. The molecule has 0 amide bonds. The summed E-state index contributed by atoms with van der Waals surface area (Å²) in [5.74, 6) is 0.941. The normalized spacial score (nSPS) is 10.9. The minimum atomic E-state index is 0.941. The van der Waals surface area contributed by atoms with Gasteiger partial charge in [0.2, 0.25) is 0 Å². The number of hydrogen-bond donors (Lipinski definition) is 0. The van der Waals surface area contributed by atoms with Crippen LogP contribution in [0.2, 0.25) is 0 Å². The lowest BCUT2D eigenvalue weighted by Gasteiger charge is -2.18. The quantitative estimate of drug-likeness (QED) is 0.456. The van der Waals surface area contributed by atoms with Crippen molar-refractivity contribution in [3.05, 3.63) is 23.3 Å². The second-order valence-corrected chi connectivity index (χ2v) is 6.02. The Morgan fingerprint density at radius 1 is 1.31 bits per heavy atom. The zero-order valence-corrected chi connectivity index (χ0v) is 13.2. The summed E-state index contributed by atoms with van der Waals surface area (Å²) >= 11 is 4.21. The van der Waals surface area contributed by atoms with Crippen molar-refractivity contribution in [1.82, 2.24) is 4.31 Å². The van der Waals surface area contributed by atoms with E-state index in [-0.39, 0.29) is 0 Å². The molecule has 2 nitrogen and oxygen atoms in total. The van der Waals surface area contributed by atoms with Crippen LogP contribution in [0.1, 0.15) is 11.1 Å². The molecule has 90 valence electrons. The molecule has 0 N–H and O–H groups in total. The number of rotatable bonds is 5. The SMILES string of the molecule is COc1cc(C)c(SN(C)CCI)c(C)c1. The van der Waals surface area contributed by atoms with E-state index in [4.69, 9.17) is 4.74 Å². The maximum Gasteiger partial charge on any atom is 0.119 e. The Morgan fingerprint density at radius 2 is 1.88 bits per heavy atom. The first-order valence-electron chi connectivity index (χ1n) is 5.18.